The number of hydrazine groups is 1. The van der Waals surface area contributed by atoms with E-state index in [2.05, 4.69) is 35.2 Å². The zero-order chi connectivity index (χ0) is 18.2. The van der Waals surface area contributed by atoms with E-state index in [-0.39, 0.29) is 5.91 Å². The van der Waals surface area contributed by atoms with Crippen LogP contribution < -0.4 is 16.2 Å². The van der Waals surface area contributed by atoms with Crippen LogP contribution in [0.4, 0.5) is 5.69 Å². The Hall–Kier alpha value is -1.76. The van der Waals surface area contributed by atoms with Crippen molar-refractivity contribution in [3.8, 4) is 0 Å². The number of carbonyl (C=O) groups excluding carboxylic acids is 1. The summed E-state index contributed by atoms with van der Waals surface area (Å²) < 4.78 is 0. The van der Waals surface area contributed by atoms with Crippen LogP contribution in [-0.4, -0.2) is 16.8 Å². The van der Waals surface area contributed by atoms with Crippen molar-refractivity contribution in [2.24, 2.45) is 0 Å². The summed E-state index contributed by atoms with van der Waals surface area (Å²) in [7, 11) is 0. The molecule has 0 spiro atoms. The van der Waals surface area contributed by atoms with Crippen LogP contribution >= 0.6 is 35.6 Å². The first-order valence-electron chi connectivity index (χ1n) is 7.70. The molecule has 0 aliphatic heterocycles. The summed E-state index contributed by atoms with van der Waals surface area (Å²) in [4.78, 5) is 11.9. The molecule has 0 heterocycles. The number of halogens is 1. The lowest BCUT2D eigenvalue weighted by molar-refractivity contribution is -0.119. The fraction of sp³-hybridized carbons (Fsp3) is 0.222. The normalized spacial score (nSPS) is 10.2. The van der Waals surface area contributed by atoms with Crippen LogP contribution in [0, 0.1) is 13.8 Å². The molecule has 132 valence electrons. The second-order valence-electron chi connectivity index (χ2n) is 5.51. The van der Waals surface area contributed by atoms with Crippen LogP contribution in [0.2, 0.25) is 5.02 Å². The van der Waals surface area contributed by atoms with Gasteiger partial charge < -0.3 is 5.32 Å². The van der Waals surface area contributed by atoms with Gasteiger partial charge in [-0.15, -0.1) is 11.8 Å². The Morgan fingerprint density at radius 3 is 2.64 bits per heavy atom. The van der Waals surface area contributed by atoms with Gasteiger partial charge in [0.1, 0.15) is 0 Å². The number of carbonyl (C=O) groups is 1. The van der Waals surface area contributed by atoms with E-state index in [1.807, 2.05) is 31.2 Å². The largest absolute Gasteiger partial charge is 0.331 e. The van der Waals surface area contributed by atoms with Gasteiger partial charge in [-0.2, -0.15) is 0 Å². The predicted molar refractivity (Wildman–Crippen MR) is 111 cm³/mol. The summed E-state index contributed by atoms with van der Waals surface area (Å²) in [5.74, 6) is 1.01. The average Bonchev–Trinajstić information content (AvgIpc) is 2.58. The lowest BCUT2D eigenvalue weighted by atomic mass is 10.1. The lowest BCUT2D eigenvalue weighted by Gasteiger charge is -2.13. The number of nitrogens with one attached hydrogen (secondary N) is 3. The monoisotopic (exact) mass is 393 g/mol. The van der Waals surface area contributed by atoms with E-state index in [4.69, 9.17) is 23.8 Å². The van der Waals surface area contributed by atoms with Gasteiger partial charge in [0.05, 0.1) is 5.75 Å². The first-order chi connectivity index (χ1) is 12.0. The molecule has 2 rings (SSSR count). The highest BCUT2D eigenvalue weighted by Crippen LogP contribution is 2.20. The van der Waals surface area contributed by atoms with Crippen molar-refractivity contribution in [1.82, 2.24) is 10.9 Å². The fourth-order valence-electron chi connectivity index (χ4n) is 2.07. The molecule has 25 heavy (non-hydrogen) atoms. The van der Waals surface area contributed by atoms with Crippen molar-refractivity contribution in [1.29, 1.82) is 0 Å². The maximum atomic E-state index is 11.9. The standard InChI is InChI=1S/C18H20ClN3OS2/c1-12-5-3-4-6-14(12)10-25-11-17(23)21-22-18(24)20-16-9-15(19)8-7-13(16)2/h3-9H,10-11H2,1-2H3,(H,21,23)(H2,20,22,24). The second kappa shape index (κ2) is 9.65. The minimum atomic E-state index is -0.134. The molecule has 1 amide bonds. The summed E-state index contributed by atoms with van der Waals surface area (Å²) >= 11 is 12.7. The number of rotatable bonds is 5. The number of aryl methyl sites for hydroxylation is 2. The number of amides is 1. The highest BCUT2D eigenvalue weighted by molar-refractivity contribution is 7.99. The number of thioether (sulfide) groups is 1. The molecule has 0 bridgehead atoms. The topological polar surface area (TPSA) is 53.2 Å². The van der Waals surface area contributed by atoms with Gasteiger partial charge in [-0.25, -0.2) is 0 Å². The molecule has 0 atom stereocenters. The molecular formula is C18H20ClN3OS2. The number of thiocarbonyl (C=S) groups is 1. The molecule has 2 aromatic carbocycles. The summed E-state index contributed by atoms with van der Waals surface area (Å²) in [5.41, 5.74) is 9.57. The highest BCUT2D eigenvalue weighted by atomic mass is 35.5. The van der Waals surface area contributed by atoms with Crippen molar-refractivity contribution >= 4 is 52.3 Å². The summed E-state index contributed by atoms with van der Waals surface area (Å²) in [6.45, 7) is 4.02. The Balaban J connectivity index is 1.71. The van der Waals surface area contributed by atoms with Gasteiger partial charge in [0.25, 0.3) is 0 Å². The smallest absolute Gasteiger partial charge is 0.248 e. The third kappa shape index (κ3) is 6.57. The Morgan fingerprint density at radius 2 is 1.88 bits per heavy atom. The van der Waals surface area contributed by atoms with E-state index in [1.165, 1.54) is 11.1 Å². The SMILES string of the molecule is Cc1ccccc1CSCC(=O)NNC(=S)Nc1cc(Cl)ccc1C. The van der Waals surface area contributed by atoms with Gasteiger partial charge in [-0.05, 0) is 54.9 Å². The van der Waals surface area contributed by atoms with Gasteiger partial charge in [-0.3, -0.25) is 15.6 Å². The number of hydrogen-bond acceptors (Lipinski definition) is 3. The summed E-state index contributed by atoms with van der Waals surface area (Å²) in [6.07, 6.45) is 0. The van der Waals surface area contributed by atoms with Crippen LogP contribution in [0.5, 0.6) is 0 Å². The third-order valence-corrected chi connectivity index (χ3v) is 4.94. The highest BCUT2D eigenvalue weighted by Gasteiger charge is 2.05. The Bertz CT molecular complexity index is 768. The van der Waals surface area contributed by atoms with Crippen molar-refractivity contribution in [3.05, 3.63) is 64.2 Å². The molecule has 0 saturated heterocycles. The predicted octanol–water partition coefficient (Wildman–Crippen LogP) is 4.21. The molecule has 7 heteroatoms. The maximum absolute atomic E-state index is 11.9. The van der Waals surface area contributed by atoms with Crippen LogP contribution in [0.3, 0.4) is 0 Å². The molecule has 0 fully saturated rings. The third-order valence-electron chi connectivity index (χ3n) is 3.52. The van der Waals surface area contributed by atoms with Gasteiger partial charge >= 0.3 is 0 Å². The quantitative estimate of drug-likeness (QED) is 0.524. The van der Waals surface area contributed by atoms with Gasteiger partial charge in [0.15, 0.2) is 5.11 Å². The molecule has 4 nitrogen and oxygen atoms in total. The maximum Gasteiger partial charge on any atom is 0.248 e. The molecule has 0 saturated carbocycles. The lowest BCUT2D eigenvalue weighted by Crippen LogP contribution is -2.44. The molecule has 0 aliphatic carbocycles. The second-order valence-corrected chi connectivity index (χ2v) is 7.34. The van der Waals surface area contributed by atoms with Crippen molar-refractivity contribution in [2.45, 2.75) is 19.6 Å². The van der Waals surface area contributed by atoms with E-state index in [0.29, 0.717) is 15.9 Å². The molecular weight excluding hydrogens is 374 g/mol. The van der Waals surface area contributed by atoms with Gasteiger partial charge in [0.2, 0.25) is 5.91 Å². The van der Waals surface area contributed by atoms with E-state index in [1.54, 1.807) is 17.8 Å². The van der Waals surface area contributed by atoms with Crippen LogP contribution in [-0.2, 0) is 10.5 Å². The van der Waals surface area contributed by atoms with Crippen molar-refractivity contribution < 1.29 is 4.79 Å². The molecule has 3 N–H and O–H groups in total. The first-order valence-corrected chi connectivity index (χ1v) is 9.64. The minimum Gasteiger partial charge on any atom is -0.331 e. The van der Waals surface area contributed by atoms with Crippen molar-refractivity contribution in [3.63, 3.8) is 0 Å². The Morgan fingerprint density at radius 1 is 1.12 bits per heavy atom. The molecule has 0 radical (unpaired) electrons. The first kappa shape index (κ1) is 19.6. The van der Waals surface area contributed by atoms with Crippen LogP contribution in [0.15, 0.2) is 42.5 Å². The van der Waals surface area contributed by atoms with E-state index < -0.39 is 0 Å². The number of hydrogen-bond donors (Lipinski definition) is 3. The molecule has 0 unspecified atom stereocenters. The van der Waals surface area contributed by atoms with E-state index >= 15 is 0 Å². The van der Waals surface area contributed by atoms with Crippen molar-refractivity contribution in [2.75, 3.05) is 11.1 Å². The Kier molecular flexibility index (Phi) is 7.55. The summed E-state index contributed by atoms with van der Waals surface area (Å²) in [6, 6.07) is 13.7. The zero-order valence-corrected chi connectivity index (χ0v) is 16.4. The fourth-order valence-corrected chi connectivity index (χ4v) is 3.31. The number of benzene rings is 2. The molecule has 0 aliphatic rings. The number of anilines is 1. The van der Waals surface area contributed by atoms with Gasteiger partial charge in [0, 0.05) is 16.5 Å². The van der Waals surface area contributed by atoms with Crippen LogP contribution in [0.1, 0.15) is 16.7 Å². The van der Waals surface area contributed by atoms with Gasteiger partial charge in [-0.1, -0.05) is 41.9 Å². The minimum absolute atomic E-state index is 0.134. The Labute approximate surface area is 162 Å². The molecule has 2 aromatic rings. The van der Waals surface area contributed by atoms with E-state index in [0.717, 1.165) is 17.0 Å². The summed E-state index contributed by atoms with van der Waals surface area (Å²) in [5, 5.41) is 3.94. The van der Waals surface area contributed by atoms with E-state index in [9.17, 15) is 4.79 Å². The average molecular weight is 394 g/mol. The zero-order valence-electron chi connectivity index (χ0n) is 14.1. The molecule has 0 aromatic heterocycles. The van der Waals surface area contributed by atoms with Crippen LogP contribution in [0.25, 0.3) is 0 Å².